The van der Waals surface area contributed by atoms with Crippen LogP contribution in [0, 0.1) is 5.82 Å². The minimum atomic E-state index is -0.335. The summed E-state index contributed by atoms with van der Waals surface area (Å²) in [4.78, 5) is 16.3. The summed E-state index contributed by atoms with van der Waals surface area (Å²) in [5.74, 6) is -0.305. The number of nitrogens with one attached hydrogen (secondary N) is 1. The molecule has 0 radical (unpaired) electrons. The third-order valence-electron chi connectivity index (χ3n) is 3.06. The molecule has 2 aromatic rings. The van der Waals surface area contributed by atoms with E-state index in [4.69, 9.17) is 5.73 Å². The number of halogens is 1. The standard InChI is InChI=1S/C16H18FN3O/c1-2-5-13-8-12(9-15(18)20-13)16(21)19-10-11-6-3-4-7-14(11)17/h3-4,6-9H,2,5,10H2,1H3,(H2,18,20)(H,19,21). The molecule has 2 rings (SSSR count). The van der Waals surface area contributed by atoms with Crippen LogP contribution < -0.4 is 11.1 Å². The van der Waals surface area contributed by atoms with Gasteiger partial charge in [-0.25, -0.2) is 9.37 Å². The Bertz CT molecular complexity index is 643. The lowest BCUT2D eigenvalue weighted by atomic mass is 10.1. The first-order valence-corrected chi connectivity index (χ1v) is 6.88. The highest BCUT2D eigenvalue weighted by Gasteiger charge is 2.09. The molecule has 1 aromatic heterocycles. The number of benzene rings is 1. The van der Waals surface area contributed by atoms with E-state index < -0.39 is 0 Å². The van der Waals surface area contributed by atoms with Crippen molar-refractivity contribution in [3.05, 3.63) is 59.0 Å². The highest BCUT2D eigenvalue weighted by Crippen LogP contribution is 2.11. The Morgan fingerprint density at radius 2 is 2.10 bits per heavy atom. The molecule has 110 valence electrons. The van der Waals surface area contributed by atoms with Crippen LogP contribution in [0.5, 0.6) is 0 Å². The summed E-state index contributed by atoms with van der Waals surface area (Å²) in [7, 11) is 0. The molecule has 0 unspecified atom stereocenters. The Kier molecular flexibility index (Phi) is 4.87. The monoisotopic (exact) mass is 287 g/mol. The van der Waals surface area contributed by atoms with Gasteiger partial charge in [0.15, 0.2) is 0 Å². The van der Waals surface area contributed by atoms with Gasteiger partial charge in [0.2, 0.25) is 0 Å². The van der Waals surface area contributed by atoms with E-state index in [-0.39, 0.29) is 18.3 Å². The number of aromatic nitrogens is 1. The molecular formula is C16H18FN3O. The van der Waals surface area contributed by atoms with Gasteiger partial charge in [0, 0.05) is 23.4 Å². The summed E-state index contributed by atoms with van der Waals surface area (Å²) in [5, 5.41) is 2.69. The van der Waals surface area contributed by atoms with Crippen molar-refractivity contribution < 1.29 is 9.18 Å². The van der Waals surface area contributed by atoms with Gasteiger partial charge in [-0.2, -0.15) is 0 Å². The van der Waals surface area contributed by atoms with Crippen LogP contribution in [0.2, 0.25) is 0 Å². The van der Waals surface area contributed by atoms with Crippen molar-refractivity contribution in [2.24, 2.45) is 0 Å². The van der Waals surface area contributed by atoms with E-state index in [1.165, 1.54) is 12.1 Å². The largest absolute Gasteiger partial charge is 0.384 e. The van der Waals surface area contributed by atoms with Crippen LogP contribution in [0.25, 0.3) is 0 Å². The summed E-state index contributed by atoms with van der Waals surface area (Å²) < 4.78 is 13.5. The first-order chi connectivity index (χ1) is 10.1. The Balaban J connectivity index is 2.08. The van der Waals surface area contributed by atoms with Crippen LogP contribution in [0.4, 0.5) is 10.2 Å². The number of amides is 1. The minimum absolute atomic E-state index is 0.136. The molecule has 1 amide bonds. The van der Waals surface area contributed by atoms with Gasteiger partial charge in [-0.15, -0.1) is 0 Å². The first kappa shape index (κ1) is 15.0. The highest BCUT2D eigenvalue weighted by molar-refractivity contribution is 5.94. The zero-order valence-electron chi connectivity index (χ0n) is 11.9. The lowest BCUT2D eigenvalue weighted by Gasteiger charge is -2.08. The SMILES string of the molecule is CCCc1cc(C(=O)NCc2ccccc2F)cc(N)n1. The van der Waals surface area contributed by atoms with Crippen LogP contribution in [-0.2, 0) is 13.0 Å². The van der Waals surface area contributed by atoms with Crippen molar-refractivity contribution in [3.8, 4) is 0 Å². The number of carbonyl (C=O) groups excluding carboxylic acids is 1. The summed E-state index contributed by atoms with van der Waals surface area (Å²) in [6.45, 7) is 2.17. The molecule has 4 nitrogen and oxygen atoms in total. The maximum Gasteiger partial charge on any atom is 0.251 e. The van der Waals surface area contributed by atoms with E-state index in [0.29, 0.717) is 16.9 Å². The van der Waals surface area contributed by atoms with Gasteiger partial charge in [0.25, 0.3) is 5.91 Å². The van der Waals surface area contributed by atoms with Crippen LogP contribution in [0.1, 0.15) is 35.0 Å². The average molecular weight is 287 g/mol. The van der Waals surface area contributed by atoms with Gasteiger partial charge in [0.05, 0.1) is 0 Å². The molecule has 0 fully saturated rings. The van der Waals surface area contributed by atoms with E-state index in [2.05, 4.69) is 10.3 Å². The second kappa shape index (κ2) is 6.83. The third-order valence-corrected chi connectivity index (χ3v) is 3.06. The fourth-order valence-electron chi connectivity index (χ4n) is 2.05. The zero-order valence-corrected chi connectivity index (χ0v) is 11.9. The maximum atomic E-state index is 13.5. The van der Waals surface area contributed by atoms with Crippen molar-refractivity contribution >= 4 is 11.7 Å². The van der Waals surface area contributed by atoms with Crippen LogP contribution in [0.3, 0.4) is 0 Å². The number of hydrogen-bond acceptors (Lipinski definition) is 3. The Labute approximate surface area is 123 Å². The number of carbonyl (C=O) groups is 1. The molecule has 0 saturated carbocycles. The van der Waals surface area contributed by atoms with E-state index in [1.54, 1.807) is 24.3 Å². The molecule has 1 aromatic carbocycles. The van der Waals surface area contributed by atoms with E-state index in [0.717, 1.165) is 18.5 Å². The van der Waals surface area contributed by atoms with E-state index in [1.807, 2.05) is 6.92 Å². The summed E-state index contributed by atoms with van der Waals surface area (Å²) in [6, 6.07) is 9.59. The van der Waals surface area contributed by atoms with Crippen LogP contribution in [0.15, 0.2) is 36.4 Å². The Morgan fingerprint density at radius 1 is 1.33 bits per heavy atom. The van der Waals surface area contributed by atoms with Crippen LogP contribution >= 0.6 is 0 Å². The summed E-state index contributed by atoms with van der Waals surface area (Å²) in [5.41, 5.74) is 7.39. The van der Waals surface area contributed by atoms with Crippen LogP contribution in [-0.4, -0.2) is 10.9 Å². The van der Waals surface area contributed by atoms with Gasteiger partial charge in [-0.05, 0) is 24.6 Å². The molecule has 0 saturated heterocycles. The fourth-order valence-corrected chi connectivity index (χ4v) is 2.05. The summed E-state index contributed by atoms with van der Waals surface area (Å²) >= 11 is 0. The van der Waals surface area contributed by atoms with Gasteiger partial charge in [-0.1, -0.05) is 31.5 Å². The highest BCUT2D eigenvalue weighted by atomic mass is 19.1. The number of aryl methyl sites for hydroxylation is 1. The van der Waals surface area contributed by atoms with E-state index >= 15 is 0 Å². The number of nitrogen functional groups attached to an aromatic ring is 1. The summed E-state index contributed by atoms with van der Waals surface area (Å²) in [6.07, 6.45) is 1.69. The Morgan fingerprint density at radius 3 is 2.81 bits per heavy atom. The predicted molar refractivity (Wildman–Crippen MR) is 80.2 cm³/mol. The lowest BCUT2D eigenvalue weighted by molar-refractivity contribution is 0.0950. The second-order valence-electron chi connectivity index (χ2n) is 4.80. The molecule has 0 bridgehead atoms. The van der Waals surface area contributed by atoms with Crippen molar-refractivity contribution in [1.29, 1.82) is 0 Å². The molecule has 0 aliphatic heterocycles. The van der Waals surface area contributed by atoms with E-state index in [9.17, 15) is 9.18 Å². The van der Waals surface area contributed by atoms with Crippen molar-refractivity contribution in [2.45, 2.75) is 26.3 Å². The molecule has 0 atom stereocenters. The van der Waals surface area contributed by atoms with Crippen molar-refractivity contribution in [2.75, 3.05) is 5.73 Å². The molecule has 5 heteroatoms. The molecule has 21 heavy (non-hydrogen) atoms. The van der Waals surface area contributed by atoms with Crippen molar-refractivity contribution in [1.82, 2.24) is 10.3 Å². The number of nitrogens with two attached hydrogens (primary N) is 1. The van der Waals surface area contributed by atoms with Gasteiger partial charge < -0.3 is 11.1 Å². The second-order valence-corrected chi connectivity index (χ2v) is 4.80. The Hall–Kier alpha value is -2.43. The number of pyridine rings is 1. The molecule has 3 N–H and O–H groups in total. The number of rotatable bonds is 5. The third kappa shape index (κ3) is 4.02. The minimum Gasteiger partial charge on any atom is -0.384 e. The fraction of sp³-hybridized carbons (Fsp3) is 0.250. The van der Waals surface area contributed by atoms with Crippen molar-refractivity contribution in [3.63, 3.8) is 0 Å². The molecule has 0 aliphatic carbocycles. The predicted octanol–water partition coefficient (Wildman–Crippen LogP) is 2.69. The molecule has 0 aliphatic rings. The van der Waals surface area contributed by atoms with Gasteiger partial charge in [-0.3, -0.25) is 4.79 Å². The number of hydrogen-bond donors (Lipinski definition) is 2. The quantitative estimate of drug-likeness (QED) is 0.888. The van der Waals surface area contributed by atoms with Gasteiger partial charge >= 0.3 is 0 Å². The first-order valence-electron chi connectivity index (χ1n) is 6.88. The normalized spacial score (nSPS) is 10.4. The van der Waals surface area contributed by atoms with Gasteiger partial charge in [0.1, 0.15) is 11.6 Å². The smallest absolute Gasteiger partial charge is 0.251 e. The zero-order chi connectivity index (χ0) is 15.2. The lowest BCUT2D eigenvalue weighted by Crippen LogP contribution is -2.23. The topological polar surface area (TPSA) is 68.0 Å². The average Bonchev–Trinajstić information content (AvgIpc) is 2.46. The molecular weight excluding hydrogens is 269 g/mol. The molecule has 0 spiro atoms. The molecule has 1 heterocycles. The number of anilines is 1. The maximum absolute atomic E-state index is 13.5. The number of nitrogens with zero attached hydrogens (tertiary/aromatic N) is 1.